The van der Waals surface area contributed by atoms with Crippen LogP contribution >= 0.6 is 0 Å². The van der Waals surface area contributed by atoms with E-state index >= 15 is 0 Å². The quantitative estimate of drug-likeness (QED) is 0.260. The van der Waals surface area contributed by atoms with Gasteiger partial charge in [-0.3, -0.25) is 9.59 Å². The van der Waals surface area contributed by atoms with Crippen molar-refractivity contribution in [3.63, 3.8) is 0 Å². The summed E-state index contributed by atoms with van der Waals surface area (Å²) in [6, 6.07) is 9.29. The van der Waals surface area contributed by atoms with Gasteiger partial charge in [-0.25, -0.2) is 9.67 Å². The predicted octanol–water partition coefficient (Wildman–Crippen LogP) is 6.18. The molecular formula is C29H34F3N5O3. The van der Waals surface area contributed by atoms with Crippen molar-refractivity contribution in [1.29, 1.82) is 0 Å². The van der Waals surface area contributed by atoms with E-state index in [1.54, 1.807) is 16.8 Å². The summed E-state index contributed by atoms with van der Waals surface area (Å²) in [7, 11) is 0. The minimum Gasteiger partial charge on any atom is -0.481 e. The maximum atomic E-state index is 13.0. The third kappa shape index (κ3) is 7.40. The van der Waals surface area contributed by atoms with Crippen LogP contribution in [0.1, 0.15) is 85.1 Å². The molecule has 3 aromatic rings. The van der Waals surface area contributed by atoms with Gasteiger partial charge in [-0.05, 0) is 61.6 Å². The van der Waals surface area contributed by atoms with Crippen molar-refractivity contribution in [3.05, 3.63) is 71.2 Å². The van der Waals surface area contributed by atoms with E-state index in [0.29, 0.717) is 23.7 Å². The van der Waals surface area contributed by atoms with Crippen molar-refractivity contribution in [2.75, 3.05) is 11.9 Å². The Labute approximate surface area is 231 Å². The zero-order valence-electron chi connectivity index (χ0n) is 22.4. The Kier molecular flexibility index (Phi) is 9.44. The Hall–Kier alpha value is -3.89. The molecule has 0 bridgehead atoms. The van der Waals surface area contributed by atoms with Gasteiger partial charge in [-0.2, -0.15) is 18.3 Å². The Morgan fingerprint density at radius 1 is 1.10 bits per heavy atom. The number of halogens is 3. The maximum absolute atomic E-state index is 13.0. The molecule has 3 N–H and O–H groups in total. The summed E-state index contributed by atoms with van der Waals surface area (Å²) >= 11 is 0. The highest BCUT2D eigenvalue weighted by molar-refractivity contribution is 5.94. The van der Waals surface area contributed by atoms with Gasteiger partial charge in [-0.15, -0.1) is 0 Å². The summed E-state index contributed by atoms with van der Waals surface area (Å²) in [6.07, 6.45) is 5.16. The molecule has 1 atom stereocenters. The highest BCUT2D eigenvalue weighted by Gasteiger charge is 2.31. The van der Waals surface area contributed by atoms with Gasteiger partial charge in [0.1, 0.15) is 0 Å². The third-order valence-electron chi connectivity index (χ3n) is 7.17. The first-order chi connectivity index (χ1) is 19.2. The summed E-state index contributed by atoms with van der Waals surface area (Å²) in [5.74, 6) is -0.667. The molecule has 8 nitrogen and oxygen atoms in total. The summed E-state index contributed by atoms with van der Waals surface area (Å²) in [6.45, 7) is 2.11. The van der Waals surface area contributed by atoms with Crippen molar-refractivity contribution in [3.8, 4) is 5.82 Å². The molecule has 1 fully saturated rings. The first-order valence-corrected chi connectivity index (χ1v) is 13.6. The second kappa shape index (κ2) is 13.0. The number of aromatic nitrogens is 3. The Morgan fingerprint density at radius 3 is 2.42 bits per heavy atom. The highest BCUT2D eigenvalue weighted by atomic mass is 19.4. The van der Waals surface area contributed by atoms with Crippen molar-refractivity contribution in [2.45, 2.75) is 70.5 Å². The molecule has 1 aliphatic carbocycles. The van der Waals surface area contributed by atoms with Gasteiger partial charge in [0, 0.05) is 35.8 Å². The molecule has 40 heavy (non-hydrogen) atoms. The minimum atomic E-state index is -4.46. The molecule has 2 aromatic heterocycles. The number of hydrogen-bond acceptors (Lipinski definition) is 5. The number of carbonyl (C=O) groups is 2. The Bertz CT molecular complexity index is 1280. The molecule has 1 aliphatic rings. The predicted molar refractivity (Wildman–Crippen MR) is 144 cm³/mol. The van der Waals surface area contributed by atoms with Crippen LogP contribution < -0.4 is 10.6 Å². The molecule has 1 aromatic carbocycles. The number of benzene rings is 1. The fourth-order valence-corrected chi connectivity index (χ4v) is 5.12. The SMILES string of the molecule is CCCc1nn(-c2ccc(C(F)(F)F)cn2)cc1C(Nc1ccc(C(=O)NCCC(=O)O)cc1)C1CCCCC1. The van der Waals surface area contributed by atoms with Crippen LogP contribution in [0.4, 0.5) is 18.9 Å². The Balaban J connectivity index is 1.60. The smallest absolute Gasteiger partial charge is 0.417 e. The van der Waals surface area contributed by atoms with E-state index < -0.39 is 17.7 Å². The molecule has 0 saturated heterocycles. The van der Waals surface area contributed by atoms with Crippen molar-refractivity contribution in [2.24, 2.45) is 5.92 Å². The molecule has 11 heteroatoms. The van der Waals surface area contributed by atoms with E-state index in [4.69, 9.17) is 10.2 Å². The number of aryl methyl sites for hydroxylation is 1. The standard InChI is InChI=1S/C29H34F3N5O3/c1-2-6-24-23(18-37(36-24)25-14-11-21(17-34-25)29(30,31)32)27(19-7-4-3-5-8-19)35-22-12-9-20(10-13-22)28(40)33-16-15-26(38)39/h9-14,17-19,27,35H,2-8,15-16H2,1H3,(H,33,40)(H,38,39). The average molecular weight is 558 g/mol. The highest BCUT2D eigenvalue weighted by Crippen LogP contribution is 2.38. The maximum Gasteiger partial charge on any atom is 0.417 e. The molecule has 4 rings (SSSR count). The van der Waals surface area contributed by atoms with Gasteiger partial charge in [0.2, 0.25) is 0 Å². The van der Waals surface area contributed by atoms with Crippen LogP contribution in [0, 0.1) is 5.92 Å². The zero-order chi connectivity index (χ0) is 28.7. The molecule has 1 amide bonds. The number of carboxylic acids is 1. The lowest BCUT2D eigenvalue weighted by Crippen LogP contribution is -2.26. The lowest BCUT2D eigenvalue weighted by molar-refractivity contribution is -0.138. The van der Waals surface area contributed by atoms with Crippen molar-refractivity contribution >= 4 is 17.6 Å². The topological polar surface area (TPSA) is 109 Å². The summed E-state index contributed by atoms with van der Waals surface area (Å²) < 4.78 is 40.7. The number of carbonyl (C=O) groups excluding carboxylic acids is 1. The molecule has 2 heterocycles. The van der Waals surface area contributed by atoms with Crippen LogP contribution in [0.5, 0.6) is 0 Å². The van der Waals surface area contributed by atoms with Crippen LogP contribution in [0.3, 0.4) is 0 Å². The van der Waals surface area contributed by atoms with E-state index in [0.717, 1.165) is 61.3 Å². The van der Waals surface area contributed by atoms with E-state index in [1.165, 1.54) is 12.5 Å². The number of nitrogens with zero attached hydrogens (tertiary/aromatic N) is 3. The molecule has 0 aliphatic heterocycles. The normalized spacial score (nSPS) is 15.0. The molecular weight excluding hydrogens is 523 g/mol. The summed E-state index contributed by atoms with van der Waals surface area (Å²) in [4.78, 5) is 27.1. The van der Waals surface area contributed by atoms with Gasteiger partial charge < -0.3 is 15.7 Å². The van der Waals surface area contributed by atoms with E-state index in [9.17, 15) is 22.8 Å². The van der Waals surface area contributed by atoms with Crippen molar-refractivity contribution < 1.29 is 27.9 Å². The minimum absolute atomic E-state index is 0.0515. The van der Waals surface area contributed by atoms with E-state index in [1.807, 2.05) is 18.3 Å². The number of nitrogens with one attached hydrogen (secondary N) is 2. The van der Waals surface area contributed by atoms with Gasteiger partial charge in [-0.1, -0.05) is 32.6 Å². The fraction of sp³-hybridized carbons (Fsp3) is 0.448. The molecule has 1 unspecified atom stereocenters. The number of carboxylic acid groups (broad SMARTS) is 1. The van der Waals surface area contributed by atoms with E-state index in [-0.39, 0.29) is 24.9 Å². The van der Waals surface area contributed by atoms with Gasteiger partial charge in [0.15, 0.2) is 5.82 Å². The van der Waals surface area contributed by atoms with Crippen LogP contribution in [0.15, 0.2) is 48.8 Å². The van der Waals surface area contributed by atoms with Crippen LogP contribution in [-0.2, 0) is 17.4 Å². The fourth-order valence-electron chi connectivity index (χ4n) is 5.12. The number of anilines is 1. The lowest BCUT2D eigenvalue weighted by atomic mass is 9.80. The molecule has 214 valence electrons. The van der Waals surface area contributed by atoms with Gasteiger partial charge >= 0.3 is 12.1 Å². The second-order valence-corrected chi connectivity index (χ2v) is 10.1. The number of rotatable bonds is 11. The molecule has 0 spiro atoms. The number of hydrogen-bond donors (Lipinski definition) is 3. The lowest BCUT2D eigenvalue weighted by Gasteiger charge is -2.32. The number of alkyl halides is 3. The first kappa shape index (κ1) is 29.1. The van der Waals surface area contributed by atoms with Gasteiger partial charge in [0.25, 0.3) is 5.91 Å². The van der Waals surface area contributed by atoms with Crippen LogP contribution in [-0.4, -0.2) is 38.3 Å². The number of pyridine rings is 1. The summed E-state index contributed by atoms with van der Waals surface area (Å²) in [5.41, 5.74) is 2.31. The van der Waals surface area contributed by atoms with Crippen LogP contribution in [0.25, 0.3) is 5.82 Å². The molecule has 0 radical (unpaired) electrons. The first-order valence-electron chi connectivity index (χ1n) is 13.6. The monoisotopic (exact) mass is 557 g/mol. The zero-order valence-corrected chi connectivity index (χ0v) is 22.4. The van der Waals surface area contributed by atoms with Gasteiger partial charge in [0.05, 0.1) is 23.7 Å². The Morgan fingerprint density at radius 2 is 1.82 bits per heavy atom. The number of aliphatic carboxylic acids is 1. The van der Waals surface area contributed by atoms with E-state index in [2.05, 4.69) is 22.5 Å². The van der Waals surface area contributed by atoms with Crippen LogP contribution in [0.2, 0.25) is 0 Å². The number of amides is 1. The third-order valence-corrected chi connectivity index (χ3v) is 7.17. The largest absolute Gasteiger partial charge is 0.481 e. The average Bonchev–Trinajstić information content (AvgIpc) is 3.35. The summed E-state index contributed by atoms with van der Waals surface area (Å²) in [5, 5.41) is 19.8. The van der Waals surface area contributed by atoms with Crippen molar-refractivity contribution in [1.82, 2.24) is 20.1 Å². The second-order valence-electron chi connectivity index (χ2n) is 10.1. The molecule has 1 saturated carbocycles.